The summed E-state index contributed by atoms with van der Waals surface area (Å²) in [5, 5.41) is 3.49. The van der Waals surface area contributed by atoms with Crippen molar-refractivity contribution in [2.24, 2.45) is 0 Å². The molecule has 1 saturated heterocycles. The van der Waals surface area contributed by atoms with Gasteiger partial charge in [-0.15, -0.1) is 0 Å². The second-order valence-electron chi connectivity index (χ2n) is 5.07. The average Bonchev–Trinajstić information content (AvgIpc) is 2.37. The molecule has 2 unspecified atom stereocenters. The molecule has 1 aliphatic heterocycles. The highest BCUT2D eigenvalue weighted by Gasteiger charge is 2.26. The van der Waals surface area contributed by atoms with Crippen LogP contribution in [0.3, 0.4) is 0 Å². The monoisotopic (exact) mass is 332 g/mol. The number of hydrogen-bond acceptors (Lipinski definition) is 3. The third-order valence-corrected chi connectivity index (χ3v) is 3.72. The lowest BCUT2D eigenvalue weighted by molar-refractivity contribution is -0.0530. The number of carbonyl (C=O) groups excluding carboxylic acids is 1. The first-order valence-electron chi connectivity index (χ1n) is 6.65. The van der Waals surface area contributed by atoms with Crippen LogP contribution in [0.1, 0.15) is 13.8 Å². The molecule has 2 amide bonds. The van der Waals surface area contributed by atoms with Crippen LogP contribution in [0.2, 0.25) is 10.0 Å². The average molecular weight is 333 g/mol. The van der Waals surface area contributed by atoms with Gasteiger partial charge >= 0.3 is 6.03 Å². The molecule has 2 rings (SSSR count). The van der Waals surface area contributed by atoms with Crippen LogP contribution in [-0.4, -0.2) is 43.3 Å². The van der Waals surface area contributed by atoms with Crippen LogP contribution in [0, 0.1) is 0 Å². The van der Waals surface area contributed by atoms with Crippen molar-refractivity contribution < 1.29 is 14.3 Å². The van der Waals surface area contributed by atoms with Crippen molar-refractivity contribution in [1.29, 1.82) is 0 Å². The van der Waals surface area contributed by atoms with E-state index >= 15 is 0 Å². The van der Waals surface area contributed by atoms with Crippen molar-refractivity contribution in [1.82, 2.24) is 4.90 Å². The van der Waals surface area contributed by atoms with Crippen molar-refractivity contribution in [3.8, 4) is 5.75 Å². The van der Waals surface area contributed by atoms with Gasteiger partial charge in [0.15, 0.2) is 5.75 Å². The fourth-order valence-corrected chi connectivity index (χ4v) is 3.01. The molecule has 0 saturated carbocycles. The van der Waals surface area contributed by atoms with E-state index in [0.29, 0.717) is 34.6 Å². The quantitative estimate of drug-likeness (QED) is 0.899. The molecule has 0 radical (unpaired) electrons. The summed E-state index contributed by atoms with van der Waals surface area (Å²) in [5.74, 6) is 0.393. The van der Waals surface area contributed by atoms with Gasteiger partial charge < -0.3 is 19.7 Å². The van der Waals surface area contributed by atoms with E-state index in [1.807, 2.05) is 13.8 Å². The lowest BCUT2D eigenvalue weighted by atomic mass is 10.2. The summed E-state index contributed by atoms with van der Waals surface area (Å²) >= 11 is 12.1. The molecular weight excluding hydrogens is 315 g/mol. The van der Waals surface area contributed by atoms with Gasteiger partial charge in [-0.1, -0.05) is 23.2 Å². The van der Waals surface area contributed by atoms with Gasteiger partial charge in [0.2, 0.25) is 0 Å². The molecule has 0 spiro atoms. The minimum Gasteiger partial charge on any atom is -0.494 e. The van der Waals surface area contributed by atoms with E-state index in [1.165, 1.54) is 7.11 Å². The number of nitrogens with one attached hydrogen (secondary N) is 1. The summed E-state index contributed by atoms with van der Waals surface area (Å²) < 4.78 is 10.7. The van der Waals surface area contributed by atoms with E-state index in [9.17, 15) is 4.79 Å². The van der Waals surface area contributed by atoms with Gasteiger partial charge in [-0.2, -0.15) is 0 Å². The predicted molar refractivity (Wildman–Crippen MR) is 83.6 cm³/mol. The van der Waals surface area contributed by atoms with Crippen LogP contribution in [-0.2, 0) is 4.74 Å². The number of hydrogen-bond donors (Lipinski definition) is 1. The minimum absolute atomic E-state index is 0.0162. The Balaban J connectivity index is 2.09. The first-order valence-corrected chi connectivity index (χ1v) is 7.40. The number of methoxy groups -OCH3 is 1. The minimum atomic E-state index is -0.200. The van der Waals surface area contributed by atoms with Crippen LogP contribution in [0.5, 0.6) is 5.75 Å². The van der Waals surface area contributed by atoms with E-state index in [4.69, 9.17) is 32.7 Å². The topological polar surface area (TPSA) is 50.8 Å². The maximum atomic E-state index is 12.3. The molecule has 1 aromatic rings. The smallest absolute Gasteiger partial charge is 0.322 e. The fourth-order valence-electron chi connectivity index (χ4n) is 2.37. The molecule has 5 nitrogen and oxygen atoms in total. The number of halogens is 2. The molecule has 21 heavy (non-hydrogen) atoms. The number of ether oxygens (including phenoxy) is 2. The standard InChI is InChI=1S/C14H18Cl2N2O3/c1-8-6-18(7-9(2)21-8)14(19)17-10-4-11(15)13(20-3)12(16)5-10/h4-5,8-9H,6-7H2,1-3H3,(H,17,19). The molecule has 1 heterocycles. The lowest BCUT2D eigenvalue weighted by Gasteiger charge is -2.35. The Labute approximate surface area is 134 Å². The summed E-state index contributed by atoms with van der Waals surface area (Å²) in [6, 6.07) is 3.02. The van der Waals surface area contributed by atoms with E-state index in [-0.39, 0.29) is 18.2 Å². The third kappa shape index (κ3) is 3.93. The van der Waals surface area contributed by atoms with Crippen molar-refractivity contribution in [2.75, 3.05) is 25.5 Å². The van der Waals surface area contributed by atoms with E-state index < -0.39 is 0 Å². The van der Waals surface area contributed by atoms with E-state index in [0.717, 1.165) is 0 Å². The Morgan fingerprint density at radius 3 is 2.29 bits per heavy atom. The Morgan fingerprint density at radius 2 is 1.81 bits per heavy atom. The highest BCUT2D eigenvalue weighted by molar-refractivity contribution is 6.37. The summed E-state index contributed by atoms with van der Waals surface area (Å²) in [5.41, 5.74) is 0.530. The maximum absolute atomic E-state index is 12.3. The van der Waals surface area contributed by atoms with Crippen molar-refractivity contribution in [2.45, 2.75) is 26.1 Å². The van der Waals surface area contributed by atoms with Crippen molar-refractivity contribution in [3.05, 3.63) is 22.2 Å². The van der Waals surface area contributed by atoms with Gasteiger partial charge in [0, 0.05) is 18.8 Å². The fraction of sp³-hybridized carbons (Fsp3) is 0.500. The summed E-state index contributed by atoms with van der Waals surface area (Å²) in [7, 11) is 1.49. The molecular formula is C14H18Cl2N2O3. The Bertz CT molecular complexity index is 506. The van der Waals surface area contributed by atoms with Gasteiger partial charge in [0.05, 0.1) is 29.4 Å². The Morgan fingerprint density at radius 1 is 1.29 bits per heavy atom. The maximum Gasteiger partial charge on any atom is 0.322 e. The SMILES string of the molecule is COc1c(Cl)cc(NC(=O)N2CC(C)OC(C)C2)cc1Cl. The number of benzene rings is 1. The highest BCUT2D eigenvalue weighted by Crippen LogP contribution is 2.35. The summed E-state index contributed by atoms with van der Waals surface area (Å²) in [6.45, 7) is 4.98. The molecule has 0 bridgehead atoms. The molecule has 0 aliphatic carbocycles. The molecule has 116 valence electrons. The first kappa shape index (κ1) is 16.2. The van der Waals surface area contributed by atoms with Gasteiger partial charge in [-0.05, 0) is 26.0 Å². The normalized spacial score (nSPS) is 22.0. The van der Waals surface area contributed by atoms with Crippen LogP contribution < -0.4 is 10.1 Å². The summed E-state index contributed by atoms with van der Waals surface area (Å²) in [6.07, 6.45) is 0.0325. The molecule has 7 heteroatoms. The van der Waals surface area contributed by atoms with Crippen molar-refractivity contribution in [3.63, 3.8) is 0 Å². The number of urea groups is 1. The zero-order chi connectivity index (χ0) is 15.6. The van der Waals surface area contributed by atoms with E-state index in [1.54, 1.807) is 17.0 Å². The molecule has 1 fully saturated rings. The number of morpholine rings is 1. The molecule has 1 N–H and O–H groups in total. The Kier molecular flexibility index (Phi) is 5.19. The third-order valence-electron chi connectivity index (χ3n) is 3.16. The second-order valence-corrected chi connectivity index (χ2v) is 5.88. The number of anilines is 1. The van der Waals surface area contributed by atoms with Gasteiger partial charge in [0.25, 0.3) is 0 Å². The predicted octanol–water partition coefficient (Wildman–Crippen LogP) is 3.64. The summed E-state index contributed by atoms with van der Waals surface area (Å²) in [4.78, 5) is 14.0. The van der Waals surface area contributed by atoms with E-state index in [2.05, 4.69) is 5.32 Å². The molecule has 1 aromatic carbocycles. The second kappa shape index (κ2) is 6.73. The van der Waals surface area contributed by atoms with Gasteiger partial charge in [0.1, 0.15) is 0 Å². The first-order chi connectivity index (χ1) is 9.90. The van der Waals surface area contributed by atoms with Crippen LogP contribution in [0.4, 0.5) is 10.5 Å². The van der Waals surface area contributed by atoms with Crippen LogP contribution in [0.15, 0.2) is 12.1 Å². The number of rotatable bonds is 2. The number of amides is 2. The zero-order valence-corrected chi connectivity index (χ0v) is 13.7. The van der Waals surface area contributed by atoms with Crippen LogP contribution >= 0.6 is 23.2 Å². The molecule has 0 aromatic heterocycles. The Hall–Kier alpha value is -1.17. The number of nitrogens with zero attached hydrogens (tertiary/aromatic N) is 1. The zero-order valence-electron chi connectivity index (χ0n) is 12.2. The van der Waals surface area contributed by atoms with Crippen LogP contribution in [0.25, 0.3) is 0 Å². The van der Waals surface area contributed by atoms with Gasteiger partial charge in [-0.25, -0.2) is 4.79 Å². The van der Waals surface area contributed by atoms with Crippen molar-refractivity contribution >= 4 is 34.9 Å². The highest BCUT2D eigenvalue weighted by atomic mass is 35.5. The van der Waals surface area contributed by atoms with Gasteiger partial charge in [-0.3, -0.25) is 0 Å². The number of carbonyl (C=O) groups is 1. The molecule has 1 aliphatic rings. The largest absolute Gasteiger partial charge is 0.494 e. The molecule has 2 atom stereocenters. The lowest BCUT2D eigenvalue weighted by Crippen LogP contribution is -2.49.